The van der Waals surface area contributed by atoms with Gasteiger partial charge in [0, 0.05) is 13.6 Å². The van der Waals surface area contributed by atoms with Crippen LogP contribution in [0.1, 0.15) is 19.4 Å². The average molecular weight is 288 g/mol. The van der Waals surface area contributed by atoms with Crippen LogP contribution in [0, 0.1) is 5.82 Å². The maximum Gasteiger partial charge on any atom is 0.238 e. The zero-order valence-corrected chi connectivity index (χ0v) is 11.2. The van der Waals surface area contributed by atoms with Crippen LogP contribution in [-0.4, -0.2) is 22.2 Å². The molecular weight excluding hydrogens is 273 g/mol. The van der Waals surface area contributed by atoms with Crippen molar-refractivity contribution in [3.05, 3.63) is 35.6 Å². The normalized spacial score (nSPS) is 11.3. The largest absolute Gasteiger partial charge is 0.340 e. The molecule has 0 saturated carbocycles. The first-order valence-corrected chi connectivity index (χ1v) is 5.79. The molecule has 0 aliphatic heterocycles. The zero-order chi connectivity index (χ0) is 12.3. The minimum atomic E-state index is -0.588. The van der Waals surface area contributed by atoms with Crippen molar-refractivity contribution in [1.29, 1.82) is 0 Å². The van der Waals surface area contributed by atoms with Gasteiger partial charge in [0.15, 0.2) is 0 Å². The summed E-state index contributed by atoms with van der Waals surface area (Å²) in [7, 11) is 1.70. The average Bonchev–Trinajstić information content (AvgIpc) is 2.15. The second-order valence-electron chi connectivity index (χ2n) is 4.26. The molecule has 0 fully saturated rings. The van der Waals surface area contributed by atoms with Gasteiger partial charge in [0.05, 0.1) is 4.32 Å². The molecule has 0 aromatic heterocycles. The van der Waals surface area contributed by atoms with Crippen molar-refractivity contribution in [2.24, 2.45) is 0 Å². The number of carbonyl (C=O) groups is 1. The lowest BCUT2D eigenvalue weighted by atomic mass is 10.1. The SMILES string of the molecule is CN(Cc1cccc(F)c1)C(=O)C(C)(C)Br. The molecule has 1 rings (SSSR count). The van der Waals surface area contributed by atoms with E-state index in [-0.39, 0.29) is 11.7 Å². The van der Waals surface area contributed by atoms with Crippen LogP contribution < -0.4 is 0 Å². The van der Waals surface area contributed by atoms with E-state index >= 15 is 0 Å². The Morgan fingerprint density at radius 3 is 2.62 bits per heavy atom. The van der Waals surface area contributed by atoms with Gasteiger partial charge >= 0.3 is 0 Å². The smallest absolute Gasteiger partial charge is 0.238 e. The predicted molar refractivity (Wildman–Crippen MR) is 65.9 cm³/mol. The third kappa shape index (κ3) is 3.59. The highest BCUT2D eigenvalue weighted by Gasteiger charge is 2.26. The van der Waals surface area contributed by atoms with E-state index in [1.54, 1.807) is 37.9 Å². The van der Waals surface area contributed by atoms with E-state index in [1.807, 2.05) is 0 Å². The van der Waals surface area contributed by atoms with E-state index in [1.165, 1.54) is 12.1 Å². The molecule has 0 unspecified atom stereocenters. The summed E-state index contributed by atoms with van der Waals surface area (Å²) >= 11 is 3.31. The second kappa shape index (κ2) is 4.95. The number of rotatable bonds is 3. The van der Waals surface area contributed by atoms with Gasteiger partial charge in [-0.25, -0.2) is 4.39 Å². The number of hydrogen-bond acceptors (Lipinski definition) is 1. The Kier molecular flexibility index (Phi) is 4.08. The van der Waals surface area contributed by atoms with Gasteiger partial charge in [0.25, 0.3) is 0 Å². The van der Waals surface area contributed by atoms with Crippen LogP contribution in [0.2, 0.25) is 0 Å². The number of alkyl halides is 1. The third-order valence-corrected chi connectivity index (χ3v) is 2.50. The van der Waals surface area contributed by atoms with Crippen molar-refractivity contribution in [2.45, 2.75) is 24.7 Å². The second-order valence-corrected chi connectivity index (χ2v) is 6.25. The highest BCUT2D eigenvalue weighted by Crippen LogP contribution is 2.19. The Morgan fingerprint density at radius 2 is 2.12 bits per heavy atom. The summed E-state index contributed by atoms with van der Waals surface area (Å²) < 4.78 is 12.4. The van der Waals surface area contributed by atoms with E-state index < -0.39 is 4.32 Å². The number of nitrogens with zero attached hydrogens (tertiary/aromatic N) is 1. The molecule has 0 bridgehead atoms. The molecule has 0 N–H and O–H groups in total. The molecule has 0 aliphatic rings. The number of hydrogen-bond donors (Lipinski definition) is 0. The topological polar surface area (TPSA) is 20.3 Å². The predicted octanol–water partition coefficient (Wildman–Crippen LogP) is 2.96. The van der Waals surface area contributed by atoms with Crippen molar-refractivity contribution in [3.63, 3.8) is 0 Å². The number of benzene rings is 1. The maximum atomic E-state index is 12.9. The summed E-state index contributed by atoms with van der Waals surface area (Å²) in [4.78, 5) is 13.4. The molecule has 4 heteroatoms. The van der Waals surface area contributed by atoms with Crippen LogP contribution in [-0.2, 0) is 11.3 Å². The van der Waals surface area contributed by atoms with Crippen LogP contribution in [0.25, 0.3) is 0 Å². The first-order chi connectivity index (χ1) is 7.30. The first-order valence-electron chi connectivity index (χ1n) is 4.99. The van der Waals surface area contributed by atoms with Gasteiger partial charge in [0.1, 0.15) is 5.82 Å². The Labute approximate surface area is 104 Å². The van der Waals surface area contributed by atoms with Gasteiger partial charge in [-0.15, -0.1) is 0 Å². The van der Waals surface area contributed by atoms with Crippen LogP contribution in [0.15, 0.2) is 24.3 Å². The Bertz CT molecular complexity index is 387. The minimum absolute atomic E-state index is 0.0308. The molecule has 0 atom stereocenters. The van der Waals surface area contributed by atoms with Crippen molar-refractivity contribution in [3.8, 4) is 0 Å². The van der Waals surface area contributed by atoms with Gasteiger partial charge in [-0.05, 0) is 31.5 Å². The summed E-state index contributed by atoms with van der Waals surface area (Å²) in [5, 5.41) is 0. The molecule has 1 aromatic carbocycles. The summed E-state index contributed by atoms with van der Waals surface area (Å²) in [5.74, 6) is -0.312. The maximum absolute atomic E-state index is 12.9. The van der Waals surface area contributed by atoms with E-state index in [4.69, 9.17) is 0 Å². The molecule has 1 aromatic rings. The van der Waals surface area contributed by atoms with E-state index in [0.29, 0.717) is 6.54 Å². The molecule has 0 saturated heterocycles. The summed E-state index contributed by atoms with van der Waals surface area (Å²) in [5.41, 5.74) is 0.785. The lowest BCUT2D eigenvalue weighted by molar-refractivity contribution is -0.131. The number of carbonyl (C=O) groups excluding carboxylic acids is 1. The van der Waals surface area contributed by atoms with Gasteiger partial charge in [-0.2, -0.15) is 0 Å². The van der Waals surface area contributed by atoms with Crippen LogP contribution in [0.5, 0.6) is 0 Å². The molecule has 16 heavy (non-hydrogen) atoms. The molecule has 0 heterocycles. The van der Waals surface area contributed by atoms with Crippen molar-refractivity contribution < 1.29 is 9.18 Å². The number of amides is 1. The third-order valence-electron chi connectivity index (χ3n) is 2.16. The summed E-state index contributed by atoms with van der Waals surface area (Å²) in [6.45, 7) is 3.99. The summed E-state index contributed by atoms with van der Waals surface area (Å²) in [6.07, 6.45) is 0. The van der Waals surface area contributed by atoms with E-state index in [2.05, 4.69) is 15.9 Å². The fraction of sp³-hybridized carbons (Fsp3) is 0.417. The van der Waals surface area contributed by atoms with Crippen molar-refractivity contribution >= 4 is 21.8 Å². The molecule has 0 spiro atoms. The Morgan fingerprint density at radius 1 is 1.50 bits per heavy atom. The fourth-order valence-electron chi connectivity index (χ4n) is 1.43. The number of halogens is 2. The molecular formula is C12H15BrFNO. The lowest BCUT2D eigenvalue weighted by Gasteiger charge is -2.24. The van der Waals surface area contributed by atoms with E-state index in [0.717, 1.165) is 5.56 Å². The Hall–Kier alpha value is -0.900. The fourth-order valence-corrected chi connectivity index (χ4v) is 1.74. The minimum Gasteiger partial charge on any atom is -0.340 e. The quantitative estimate of drug-likeness (QED) is 0.783. The van der Waals surface area contributed by atoms with Gasteiger partial charge in [0.2, 0.25) is 5.91 Å². The monoisotopic (exact) mass is 287 g/mol. The lowest BCUT2D eigenvalue weighted by Crippen LogP contribution is -2.38. The van der Waals surface area contributed by atoms with Crippen molar-refractivity contribution in [2.75, 3.05) is 7.05 Å². The molecule has 0 radical (unpaired) electrons. The molecule has 0 aliphatic carbocycles. The summed E-state index contributed by atoms with van der Waals surface area (Å²) in [6, 6.07) is 6.26. The van der Waals surface area contributed by atoms with Crippen molar-refractivity contribution in [1.82, 2.24) is 4.90 Å². The first kappa shape index (κ1) is 13.2. The Balaban J connectivity index is 2.72. The van der Waals surface area contributed by atoms with E-state index in [9.17, 15) is 9.18 Å². The highest BCUT2D eigenvalue weighted by atomic mass is 79.9. The standard InChI is InChI=1S/C12H15BrFNO/c1-12(2,13)11(16)15(3)8-9-5-4-6-10(14)7-9/h4-7H,8H2,1-3H3. The van der Waals surface area contributed by atoms with Crippen LogP contribution >= 0.6 is 15.9 Å². The molecule has 1 amide bonds. The van der Waals surface area contributed by atoms with Crippen LogP contribution in [0.3, 0.4) is 0 Å². The van der Waals surface area contributed by atoms with Gasteiger partial charge < -0.3 is 4.90 Å². The van der Waals surface area contributed by atoms with Crippen LogP contribution in [0.4, 0.5) is 4.39 Å². The molecule has 2 nitrogen and oxygen atoms in total. The van der Waals surface area contributed by atoms with Gasteiger partial charge in [-0.1, -0.05) is 28.1 Å². The zero-order valence-electron chi connectivity index (χ0n) is 9.63. The molecule has 88 valence electrons. The van der Waals surface area contributed by atoms with Gasteiger partial charge in [-0.3, -0.25) is 4.79 Å². The highest BCUT2D eigenvalue weighted by molar-refractivity contribution is 9.10.